The highest BCUT2D eigenvalue weighted by molar-refractivity contribution is 7.51. The number of nitrogens with one attached hydrogen (secondary N) is 1. The number of fused-ring (bicyclic) bond motifs is 2. The summed E-state index contributed by atoms with van der Waals surface area (Å²) in [6.07, 6.45) is -3.53. The fourth-order valence-electron chi connectivity index (χ4n) is 3.92. The summed E-state index contributed by atoms with van der Waals surface area (Å²) < 4.78 is 52.6. The maximum Gasteiger partial charge on any atom is 0.406 e. The van der Waals surface area contributed by atoms with Crippen LogP contribution in [0.3, 0.4) is 0 Å². The van der Waals surface area contributed by atoms with E-state index in [9.17, 15) is 9.36 Å². The molecule has 0 spiro atoms. The van der Waals surface area contributed by atoms with Crippen molar-refractivity contribution in [2.45, 2.75) is 57.0 Å². The van der Waals surface area contributed by atoms with E-state index in [4.69, 9.17) is 35.9 Å². The lowest BCUT2D eigenvalue weighted by Crippen LogP contribution is -2.53. The van der Waals surface area contributed by atoms with Gasteiger partial charge in [0.2, 0.25) is 5.95 Å². The Balaban J connectivity index is 1.62. The second-order valence-corrected chi connectivity index (χ2v) is 10.9. The van der Waals surface area contributed by atoms with E-state index in [-0.39, 0.29) is 30.2 Å². The topological polar surface area (TPSA) is 156 Å². The number of carbonyl (C=O) groups is 1. The number of nitrogen functional groups attached to an aromatic ring is 1. The van der Waals surface area contributed by atoms with Crippen LogP contribution in [0.1, 0.15) is 27.0 Å². The quantitative estimate of drug-likeness (QED) is 0.301. The number of ether oxygens (including phenoxy) is 2. The van der Waals surface area contributed by atoms with Gasteiger partial charge in [-0.15, -0.1) is 11.6 Å². The molecule has 2 aromatic heterocycles. The molecule has 35 heavy (non-hydrogen) atoms. The van der Waals surface area contributed by atoms with Gasteiger partial charge in [0, 0.05) is 14.1 Å². The molecule has 0 aromatic carbocycles. The number of alkyl halides is 2. The summed E-state index contributed by atoms with van der Waals surface area (Å²) in [5.74, 6) is -0.462. The van der Waals surface area contributed by atoms with Crippen LogP contribution >= 0.6 is 19.3 Å². The molecule has 4 heterocycles. The average Bonchev–Trinajstić information content (AvgIpc) is 3.31. The molecule has 3 N–H and O–H groups in total. The molecule has 2 aliphatic rings. The third kappa shape index (κ3) is 4.70. The van der Waals surface area contributed by atoms with Crippen molar-refractivity contribution in [2.24, 2.45) is 0 Å². The van der Waals surface area contributed by atoms with Gasteiger partial charge in [0.15, 0.2) is 29.4 Å². The summed E-state index contributed by atoms with van der Waals surface area (Å²) in [6.45, 7) is 4.45. The number of rotatable bonds is 7. The minimum Gasteiger partial charge on any atom is -0.462 e. The molecule has 0 aliphatic carbocycles. The predicted octanol–water partition coefficient (Wildman–Crippen LogP) is 1.77. The summed E-state index contributed by atoms with van der Waals surface area (Å²) in [6, 6.07) is -1.04. The SMILES string of the molecule is CC(C)OC(=O)[C@H](C)NP1(=O)OC[C@@]2(CCl)O[C@@H](n3cnc4c(N(C)C)nc(N)nc43)[C@H](F)[C@@H]2O1. The first kappa shape index (κ1) is 26.0. The highest BCUT2D eigenvalue weighted by Crippen LogP contribution is 2.57. The number of esters is 1. The van der Waals surface area contributed by atoms with Crippen LogP contribution in [0.15, 0.2) is 6.33 Å². The van der Waals surface area contributed by atoms with E-state index in [0.29, 0.717) is 11.3 Å². The fourth-order valence-corrected chi connectivity index (χ4v) is 5.99. The Morgan fingerprint density at radius 2 is 2.17 bits per heavy atom. The van der Waals surface area contributed by atoms with Crippen molar-refractivity contribution in [3.8, 4) is 0 Å². The van der Waals surface area contributed by atoms with E-state index in [1.165, 1.54) is 17.8 Å². The number of carbonyl (C=O) groups excluding carboxylic acids is 1. The van der Waals surface area contributed by atoms with Crippen molar-refractivity contribution in [2.75, 3.05) is 37.2 Å². The van der Waals surface area contributed by atoms with Gasteiger partial charge < -0.3 is 20.1 Å². The molecule has 2 fully saturated rings. The molecule has 1 unspecified atom stereocenters. The van der Waals surface area contributed by atoms with E-state index in [1.807, 2.05) is 0 Å². The molecule has 2 saturated heterocycles. The van der Waals surface area contributed by atoms with Gasteiger partial charge in [-0.3, -0.25) is 18.4 Å². The molecule has 194 valence electrons. The van der Waals surface area contributed by atoms with E-state index in [1.54, 1.807) is 32.8 Å². The largest absolute Gasteiger partial charge is 0.462 e. The number of imidazole rings is 1. The van der Waals surface area contributed by atoms with Crippen LogP contribution < -0.4 is 15.7 Å². The van der Waals surface area contributed by atoms with Crippen molar-refractivity contribution >= 4 is 48.2 Å². The molecular formula is C19H28ClFN7O6P. The summed E-state index contributed by atoms with van der Waals surface area (Å²) in [5.41, 5.74) is 5.03. The van der Waals surface area contributed by atoms with Crippen molar-refractivity contribution < 1.29 is 32.3 Å². The Morgan fingerprint density at radius 3 is 2.80 bits per heavy atom. The van der Waals surface area contributed by atoms with Crippen LogP contribution in [-0.4, -0.2) is 82.1 Å². The van der Waals surface area contributed by atoms with Gasteiger partial charge in [-0.1, -0.05) is 0 Å². The molecule has 0 saturated carbocycles. The Morgan fingerprint density at radius 1 is 1.46 bits per heavy atom. The first-order chi connectivity index (χ1) is 16.4. The fraction of sp³-hybridized carbons (Fsp3) is 0.684. The zero-order chi connectivity index (χ0) is 25.7. The number of halogens is 2. The lowest BCUT2D eigenvalue weighted by atomic mass is 9.99. The van der Waals surface area contributed by atoms with Crippen molar-refractivity contribution in [3.05, 3.63) is 6.33 Å². The predicted molar refractivity (Wildman–Crippen MR) is 125 cm³/mol. The van der Waals surface area contributed by atoms with Crippen LogP contribution in [-0.2, 0) is 27.9 Å². The first-order valence-corrected chi connectivity index (χ1v) is 12.9. The van der Waals surface area contributed by atoms with Crippen molar-refractivity contribution in [3.63, 3.8) is 0 Å². The Hall–Kier alpha value is -2.09. The maximum absolute atomic E-state index is 15.9. The summed E-state index contributed by atoms with van der Waals surface area (Å²) in [5, 5.41) is 2.49. The van der Waals surface area contributed by atoms with Crippen molar-refractivity contribution in [1.82, 2.24) is 24.6 Å². The van der Waals surface area contributed by atoms with E-state index < -0.39 is 43.9 Å². The molecule has 4 rings (SSSR count). The Kier molecular flexibility index (Phi) is 6.99. The molecule has 13 nitrogen and oxygen atoms in total. The van der Waals surface area contributed by atoms with E-state index in [0.717, 1.165) is 0 Å². The lowest BCUT2D eigenvalue weighted by Gasteiger charge is -2.39. The molecule has 0 amide bonds. The van der Waals surface area contributed by atoms with Gasteiger partial charge in [0.1, 0.15) is 17.7 Å². The number of hydrogen-bond acceptors (Lipinski definition) is 11. The normalized spacial score (nSPS) is 31.5. The lowest BCUT2D eigenvalue weighted by molar-refractivity contribution is -0.149. The molecule has 6 atom stereocenters. The maximum atomic E-state index is 15.9. The second kappa shape index (κ2) is 9.41. The van der Waals surface area contributed by atoms with E-state index >= 15 is 4.39 Å². The van der Waals surface area contributed by atoms with Gasteiger partial charge in [0.25, 0.3) is 0 Å². The number of anilines is 2. The number of hydrogen-bond donors (Lipinski definition) is 2. The standard InChI is InChI=1S/C19H28ClFN7O6P/c1-9(2)32-17(29)10(3)26-35(30)31-7-19(6-20)13(34-35)11(21)16(33-19)28-8-23-12-14(27(4)5)24-18(22)25-15(12)28/h8-11,13,16H,6-7H2,1-5H3,(H,26,30)(H2,22,24,25)/t10-,11+,13-,16+,19+,35?/m0/s1. The third-order valence-electron chi connectivity index (χ3n) is 5.57. The molecule has 0 bridgehead atoms. The van der Waals surface area contributed by atoms with Gasteiger partial charge in [0.05, 0.1) is 24.9 Å². The third-order valence-corrected chi connectivity index (χ3v) is 7.70. The minimum absolute atomic E-state index is 0.0311. The van der Waals surface area contributed by atoms with Crippen LogP contribution in [0.25, 0.3) is 11.2 Å². The summed E-state index contributed by atoms with van der Waals surface area (Å²) in [7, 11) is -0.599. The number of nitrogens with zero attached hydrogens (tertiary/aromatic N) is 5. The van der Waals surface area contributed by atoms with Crippen LogP contribution in [0.2, 0.25) is 0 Å². The minimum atomic E-state index is -4.12. The van der Waals surface area contributed by atoms with Crippen LogP contribution in [0.5, 0.6) is 0 Å². The highest BCUT2D eigenvalue weighted by Gasteiger charge is 2.63. The molecular weight excluding hydrogens is 508 g/mol. The van der Waals surface area contributed by atoms with Crippen molar-refractivity contribution in [1.29, 1.82) is 0 Å². The van der Waals surface area contributed by atoms with Gasteiger partial charge in [-0.2, -0.15) is 9.97 Å². The zero-order valence-electron chi connectivity index (χ0n) is 19.8. The second-order valence-electron chi connectivity index (χ2n) is 8.91. The Labute approximate surface area is 206 Å². The van der Waals surface area contributed by atoms with Gasteiger partial charge in [-0.05, 0) is 20.8 Å². The monoisotopic (exact) mass is 535 g/mol. The smallest absolute Gasteiger partial charge is 0.406 e. The number of nitrogens with two attached hydrogens (primary N) is 1. The summed E-state index contributed by atoms with van der Waals surface area (Å²) in [4.78, 5) is 26.5. The van der Waals surface area contributed by atoms with Crippen LogP contribution in [0, 0.1) is 0 Å². The molecule has 2 aromatic rings. The average molecular weight is 536 g/mol. The van der Waals surface area contributed by atoms with Crippen LogP contribution in [0.4, 0.5) is 16.2 Å². The first-order valence-electron chi connectivity index (χ1n) is 10.9. The van der Waals surface area contributed by atoms with E-state index in [2.05, 4.69) is 20.0 Å². The van der Waals surface area contributed by atoms with Gasteiger partial charge >= 0.3 is 13.7 Å². The molecule has 16 heteroatoms. The highest BCUT2D eigenvalue weighted by atomic mass is 35.5. The summed E-state index contributed by atoms with van der Waals surface area (Å²) >= 11 is 6.17. The Bertz CT molecular complexity index is 1170. The number of aromatic nitrogens is 4. The van der Waals surface area contributed by atoms with Gasteiger partial charge in [-0.25, -0.2) is 19.0 Å². The molecule has 0 radical (unpaired) electrons. The zero-order valence-corrected chi connectivity index (χ0v) is 21.5. The molecule has 2 aliphatic heterocycles.